The number of nitrogens with zero attached hydrogens (tertiary/aromatic N) is 1. The average molecular weight is 346 g/mol. The maximum atomic E-state index is 12.6. The zero-order chi connectivity index (χ0) is 18.1. The Morgan fingerprint density at radius 3 is 2.36 bits per heavy atom. The van der Waals surface area contributed by atoms with Crippen LogP contribution in [0, 0.1) is 5.92 Å². The number of esters is 1. The van der Waals surface area contributed by atoms with Crippen molar-refractivity contribution in [2.45, 2.75) is 58.6 Å². The second-order valence-corrected chi connectivity index (χ2v) is 6.81. The maximum Gasteiger partial charge on any atom is 0.329 e. The molecule has 0 radical (unpaired) electrons. The van der Waals surface area contributed by atoms with Gasteiger partial charge in [-0.1, -0.05) is 63.4 Å². The van der Waals surface area contributed by atoms with Crippen LogP contribution in [0.4, 0.5) is 4.79 Å². The molecule has 2 amide bonds. The van der Waals surface area contributed by atoms with Gasteiger partial charge in [0, 0.05) is 13.1 Å². The van der Waals surface area contributed by atoms with Crippen molar-refractivity contribution in [3.8, 4) is 0 Å². The molecule has 2 rings (SSSR count). The molecule has 1 fully saturated rings. The molecule has 1 N–H and O–H groups in total. The van der Waals surface area contributed by atoms with Crippen molar-refractivity contribution in [2.24, 2.45) is 5.92 Å². The van der Waals surface area contributed by atoms with Crippen LogP contribution in [0.25, 0.3) is 0 Å². The van der Waals surface area contributed by atoms with E-state index in [9.17, 15) is 9.59 Å². The summed E-state index contributed by atoms with van der Waals surface area (Å²) in [6, 6.07) is 8.83. The van der Waals surface area contributed by atoms with Crippen molar-refractivity contribution >= 4 is 12.0 Å². The Morgan fingerprint density at radius 1 is 1.12 bits per heavy atom. The molecule has 0 aliphatic carbocycles. The van der Waals surface area contributed by atoms with Crippen molar-refractivity contribution in [2.75, 3.05) is 13.1 Å². The number of hydrogen-bond donors (Lipinski definition) is 1. The van der Waals surface area contributed by atoms with Crippen LogP contribution in [0.1, 0.15) is 51.5 Å². The topological polar surface area (TPSA) is 58.6 Å². The van der Waals surface area contributed by atoms with Crippen LogP contribution >= 0.6 is 0 Å². The summed E-state index contributed by atoms with van der Waals surface area (Å²) in [7, 11) is 0. The van der Waals surface area contributed by atoms with Gasteiger partial charge in [0.1, 0.15) is 12.6 Å². The Hall–Kier alpha value is -2.04. The van der Waals surface area contributed by atoms with E-state index in [4.69, 9.17) is 4.74 Å². The summed E-state index contributed by atoms with van der Waals surface area (Å²) in [6.07, 6.45) is 5.18. The van der Waals surface area contributed by atoms with E-state index in [2.05, 4.69) is 5.32 Å². The Kier molecular flexibility index (Phi) is 7.76. The molecule has 25 heavy (non-hydrogen) atoms. The van der Waals surface area contributed by atoms with Gasteiger partial charge in [0.15, 0.2) is 0 Å². The van der Waals surface area contributed by atoms with Gasteiger partial charge in [0.25, 0.3) is 0 Å². The van der Waals surface area contributed by atoms with E-state index in [1.807, 2.05) is 49.1 Å². The first-order valence-electron chi connectivity index (χ1n) is 9.37. The third-order valence-electron chi connectivity index (χ3n) is 4.86. The molecule has 0 saturated carbocycles. The molecule has 1 saturated heterocycles. The molecule has 1 aromatic carbocycles. The fourth-order valence-electron chi connectivity index (χ4n) is 2.99. The molecule has 1 aliphatic rings. The lowest BCUT2D eigenvalue weighted by atomic mass is 9.99. The number of nitrogens with one attached hydrogen (secondary N) is 1. The Balaban J connectivity index is 1.94. The summed E-state index contributed by atoms with van der Waals surface area (Å²) in [5, 5.41) is 2.91. The third kappa shape index (κ3) is 6.07. The third-order valence-corrected chi connectivity index (χ3v) is 4.86. The number of rotatable bonds is 6. The van der Waals surface area contributed by atoms with E-state index >= 15 is 0 Å². The van der Waals surface area contributed by atoms with Gasteiger partial charge in [0.05, 0.1) is 0 Å². The van der Waals surface area contributed by atoms with E-state index in [1.165, 1.54) is 0 Å². The lowest BCUT2D eigenvalue weighted by Crippen LogP contribution is -2.51. The first-order valence-corrected chi connectivity index (χ1v) is 9.37. The molecule has 1 heterocycles. The van der Waals surface area contributed by atoms with Gasteiger partial charge in [0.2, 0.25) is 0 Å². The average Bonchev–Trinajstić information content (AvgIpc) is 2.93. The largest absolute Gasteiger partial charge is 0.459 e. The zero-order valence-corrected chi connectivity index (χ0v) is 15.4. The van der Waals surface area contributed by atoms with Gasteiger partial charge in [-0.2, -0.15) is 0 Å². The van der Waals surface area contributed by atoms with Crippen molar-refractivity contribution in [3.63, 3.8) is 0 Å². The van der Waals surface area contributed by atoms with Crippen molar-refractivity contribution < 1.29 is 14.3 Å². The van der Waals surface area contributed by atoms with Gasteiger partial charge >= 0.3 is 12.0 Å². The normalized spacial score (nSPS) is 17.3. The van der Waals surface area contributed by atoms with Crippen LogP contribution in [-0.2, 0) is 16.1 Å². The predicted molar refractivity (Wildman–Crippen MR) is 98.1 cm³/mol. The monoisotopic (exact) mass is 346 g/mol. The first-order chi connectivity index (χ1) is 12.1. The minimum absolute atomic E-state index is 0.0270. The van der Waals surface area contributed by atoms with E-state index < -0.39 is 6.04 Å². The van der Waals surface area contributed by atoms with Gasteiger partial charge in [-0.25, -0.2) is 9.59 Å². The first kappa shape index (κ1) is 19.3. The summed E-state index contributed by atoms with van der Waals surface area (Å²) in [6.45, 7) is 5.74. The molecule has 5 heteroatoms. The number of urea groups is 1. The Bertz CT molecular complexity index is 539. The van der Waals surface area contributed by atoms with Crippen LogP contribution in [0.5, 0.6) is 0 Å². The molecule has 1 aliphatic heterocycles. The summed E-state index contributed by atoms with van der Waals surface area (Å²) in [4.78, 5) is 26.9. The molecule has 0 spiro atoms. The highest BCUT2D eigenvalue weighted by Gasteiger charge is 2.29. The molecule has 1 unspecified atom stereocenters. The lowest BCUT2D eigenvalue weighted by Gasteiger charge is -2.27. The summed E-state index contributed by atoms with van der Waals surface area (Å²) in [5.41, 5.74) is 0.942. The summed E-state index contributed by atoms with van der Waals surface area (Å²) < 4.78 is 5.45. The number of benzene rings is 1. The SMILES string of the molecule is CCC(C)[C@H](NC(=O)N1CCCCCC1)C(=O)OCc1ccccc1. The van der Waals surface area contributed by atoms with Crippen LogP contribution in [0.3, 0.4) is 0 Å². The minimum atomic E-state index is -0.607. The molecule has 5 nitrogen and oxygen atoms in total. The maximum absolute atomic E-state index is 12.6. The van der Waals surface area contributed by atoms with Gasteiger partial charge in [-0.15, -0.1) is 0 Å². The smallest absolute Gasteiger partial charge is 0.329 e. The van der Waals surface area contributed by atoms with E-state index in [1.54, 1.807) is 0 Å². The zero-order valence-electron chi connectivity index (χ0n) is 15.4. The van der Waals surface area contributed by atoms with Crippen molar-refractivity contribution in [1.82, 2.24) is 10.2 Å². The van der Waals surface area contributed by atoms with Crippen LogP contribution < -0.4 is 5.32 Å². The lowest BCUT2D eigenvalue weighted by molar-refractivity contribution is -0.148. The number of likely N-dealkylation sites (tertiary alicyclic amines) is 1. The predicted octanol–water partition coefficient (Wildman–Crippen LogP) is 3.73. The minimum Gasteiger partial charge on any atom is -0.459 e. The van der Waals surface area contributed by atoms with Gasteiger partial charge in [-0.05, 0) is 24.3 Å². The van der Waals surface area contributed by atoms with Crippen molar-refractivity contribution in [3.05, 3.63) is 35.9 Å². The molecule has 0 bridgehead atoms. The molecule has 138 valence electrons. The van der Waals surface area contributed by atoms with Crippen LogP contribution in [0.15, 0.2) is 30.3 Å². The molecule has 1 aromatic rings. The Morgan fingerprint density at radius 2 is 1.76 bits per heavy atom. The second kappa shape index (κ2) is 10.1. The summed E-state index contributed by atoms with van der Waals surface area (Å²) in [5.74, 6) is -0.333. The quantitative estimate of drug-likeness (QED) is 0.799. The highest BCUT2D eigenvalue weighted by atomic mass is 16.5. The number of ether oxygens (including phenoxy) is 1. The number of hydrogen-bond acceptors (Lipinski definition) is 3. The molecular weight excluding hydrogens is 316 g/mol. The highest BCUT2D eigenvalue weighted by molar-refractivity contribution is 5.83. The fourth-order valence-corrected chi connectivity index (χ4v) is 2.99. The van der Waals surface area contributed by atoms with Gasteiger partial charge < -0.3 is 15.0 Å². The molecular formula is C20H30N2O3. The standard InChI is InChI=1S/C20H30N2O3/c1-3-16(2)18(19(23)25-15-17-11-7-6-8-12-17)21-20(24)22-13-9-4-5-10-14-22/h6-8,11-12,16,18H,3-5,9-10,13-15H2,1-2H3,(H,21,24)/t16?,18-/m0/s1. The fraction of sp³-hybridized carbons (Fsp3) is 0.600. The van der Waals surface area contributed by atoms with Crippen molar-refractivity contribution in [1.29, 1.82) is 0 Å². The van der Waals surface area contributed by atoms with Gasteiger partial charge in [-0.3, -0.25) is 0 Å². The van der Waals surface area contributed by atoms with E-state index in [0.29, 0.717) is 0 Å². The van der Waals surface area contributed by atoms with E-state index in [-0.39, 0.29) is 24.5 Å². The number of carbonyl (C=O) groups is 2. The van der Waals surface area contributed by atoms with E-state index in [0.717, 1.165) is 50.8 Å². The molecule has 0 aromatic heterocycles. The second-order valence-electron chi connectivity index (χ2n) is 6.81. The number of carbonyl (C=O) groups excluding carboxylic acids is 2. The summed E-state index contributed by atoms with van der Waals surface area (Å²) >= 11 is 0. The van der Waals surface area contributed by atoms with Crippen LogP contribution in [-0.4, -0.2) is 36.0 Å². The Labute approximate surface area is 150 Å². The highest BCUT2D eigenvalue weighted by Crippen LogP contribution is 2.14. The number of amides is 2. The molecule has 2 atom stereocenters. The van der Waals surface area contributed by atoms with Crippen LogP contribution in [0.2, 0.25) is 0 Å².